The topological polar surface area (TPSA) is 124 Å². The second-order valence-electron chi connectivity index (χ2n) is 7.56. The molecule has 4 rings (SSSR count). The van der Waals surface area contributed by atoms with Crippen LogP contribution in [-0.4, -0.2) is 46.0 Å². The zero-order chi connectivity index (χ0) is 20.9. The van der Waals surface area contributed by atoms with Crippen LogP contribution in [0.5, 0.6) is 0 Å². The first-order chi connectivity index (χ1) is 13.8. The number of nitro benzene ring substituents is 1. The third-order valence-corrected chi connectivity index (χ3v) is 5.96. The fraction of sp³-hybridized carbons (Fsp3) is 0.400. The molecule has 1 aromatic carbocycles. The lowest BCUT2D eigenvalue weighted by molar-refractivity contribution is -0.384. The predicted molar refractivity (Wildman–Crippen MR) is 97.4 cm³/mol. The molecule has 1 aromatic rings. The summed E-state index contributed by atoms with van der Waals surface area (Å²) in [6.45, 7) is 0.757. The van der Waals surface area contributed by atoms with Gasteiger partial charge in [0.05, 0.1) is 16.8 Å². The summed E-state index contributed by atoms with van der Waals surface area (Å²) in [5.41, 5.74) is -0.219. The minimum absolute atomic E-state index is 0.0325. The van der Waals surface area contributed by atoms with Crippen molar-refractivity contribution in [2.75, 3.05) is 6.61 Å². The van der Waals surface area contributed by atoms with Gasteiger partial charge in [-0.1, -0.05) is 24.3 Å². The van der Waals surface area contributed by atoms with E-state index in [2.05, 4.69) is 0 Å². The zero-order valence-corrected chi connectivity index (χ0v) is 15.5. The summed E-state index contributed by atoms with van der Waals surface area (Å²) in [5.74, 6) is -3.00. The van der Waals surface area contributed by atoms with Crippen LogP contribution < -0.4 is 0 Å². The van der Waals surface area contributed by atoms with E-state index < -0.39 is 41.2 Å². The SMILES string of the molecule is C[C@H](C(=O)OCC(=O)c1cccc([N+](=O)[O-])c1)N1C(=O)[C@@H]2[C@H](C1=O)[C@H]1C=C[C@H]2C1. The van der Waals surface area contributed by atoms with Crippen LogP contribution >= 0.6 is 0 Å². The van der Waals surface area contributed by atoms with Crippen LogP contribution in [0.1, 0.15) is 23.7 Å². The Hall–Kier alpha value is -3.36. The molecule has 29 heavy (non-hydrogen) atoms. The lowest BCUT2D eigenvalue weighted by Crippen LogP contribution is -2.45. The molecule has 1 saturated heterocycles. The summed E-state index contributed by atoms with van der Waals surface area (Å²) in [7, 11) is 0. The Kier molecular flexibility index (Phi) is 4.52. The summed E-state index contributed by atoms with van der Waals surface area (Å²) >= 11 is 0. The van der Waals surface area contributed by atoms with Crippen molar-refractivity contribution in [1.29, 1.82) is 0 Å². The number of nitro groups is 1. The smallest absolute Gasteiger partial charge is 0.329 e. The van der Waals surface area contributed by atoms with Crippen LogP contribution in [0.25, 0.3) is 0 Å². The minimum Gasteiger partial charge on any atom is -0.456 e. The first-order valence-electron chi connectivity index (χ1n) is 9.29. The number of carbonyl (C=O) groups is 4. The molecule has 1 saturated carbocycles. The predicted octanol–water partition coefficient (Wildman–Crippen LogP) is 1.52. The summed E-state index contributed by atoms with van der Waals surface area (Å²) in [5, 5.41) is 10.8. The highest BCUT2D eigenvalue weighted by atomic mass is 16.6. The lowest BCUT2D eigenvalue weighted by Gasteiger charge is -2.23. The fourth-order valence-electron chi connectivity index (χ4n) is 4.55. The van der Waals surface area contributed by atoms with Crippen LogP contribution in [0.4, 0.5) is 5.69 Å². The minimum atomic E-state index is -1.14. The number of rotatable bonds is 6. The standard InChI is InChI=1S/C20H18N2O7/c1-10(21-18(24)16-12-5-6-13(7-12)17(16)19(21)25)20(26)29-9-15(23)11-3-2-4-14(8-11)22(27)28/h2-6,8,10,12-13,16-17H,7,9H2,1H3/t10-,12+,13+,16-,17+/m1/s1. The fourth-order valence-corrected chi connectivity index (χ4v) is 4.55. The second-order valence-corrected chi connectivity index (χ2v) is 7.56. The van der Waals surface area contributed by atoms with Gasteiger partial charge in [0, 0.05) is 17.7 Å². The van der Waals surface area contributed by atoms with Crippen molar-refractivity contribution < 1.29 is 28.8 Å². The van der Waals surface area contributed by atoms with E-state index in [0.29, 0.717) is 0 Å². The maximum absolute atomic E-state index is 12.7. The number of amides is 2. The second kappa shape index (κ2) is 6.91. The molecule has 1 aliphatic heterocycles. The summed E-state index contributed by atoms with van der Waals surface area (Å²) in [6.07, 6.45) is 4.71. The Morgan fingerprint density at radius 1 is 1.21 bits per heavy atom. The van der Waals surface area contributed by atoms with E-state index in [1.54, 1.807) is 0 Å². The quantitative estimate of drug-likeness (QED) is 0.178. The van der Waals surface area contributed by atoms with Crippen molar-refractivity contribution >= 4 is 29.3 Å². The van der Waals surface area contributed by atoms with Gasteiger partial charge < -0.3 is 4.74 Å². The summed E-state index contributed by atoms with van der Waals surface area (Å²) < 4.78 is 5.00. The number of likely N-dealkylation sites (tertiary alicyclic amines) is 1. The number of hydrogen-bond donors (Lipinski definition) is 0. The molecule has 2 fully saturated rings. The molecule has 0 aromatic heterocycles. The van der Waals surface area contributed by atoms with E-state index in [1.807, 2.05) is 12.2 Å². The summed E-state index contributed by atoms with van der Waals surface area (Å²) in [4.78, 5) is 61.2. The average molecular weight is 398 g/mol. The van der Waals surface area contributed by atoms with E-state index >= 15 is 0 Å². The van der Waals surface area contributed by atoms with Gasteiger partial charge in [-0.2, -0.15) is 0 Å². The number of carbonyl (C=O) groups excluding carboxylic acids is 4. The highest BCUT2D eigenvalue weighted by Crippen LogP contribution is 2.52. The average Bonchev–Trinajstić information content (AvgIpc) is 3.39. The maximum Gasteiger partial charge on any atom is 0.329 e. The van der Waals surface area contributed by atoms with Gasteiger partial charge in [0.1, 0.15) is 6.04 Å². The third-order valence-electron chi connectivity index (χ3n) is 5.96. The Balaban J connectivity index is 1.40. The molecule has 0 unspecified atom stereocenters. The van der Waals surface area contributed by atoms with Crippen LogP contribution in [0.3, 0.4) is 0 Å². The molecular weight excluding hydrogens is 380 g/mol. The summed E-state index contributed by atoms with van der Waals surface area (Å²) in [6, 6.07) is 3.94. The largest absolute Gasteiger partial charge is 0.456 e. The Morgan fingerprint density at radius 2 is 1.83 bits per heavy atom. The number of fused-ring (bicyclic) bond motifs is 5. The van der Waals surface area contributed by atoms with E-state index in [1.165, 1.54) is 25.1 Å². The highest BCUT2D eigenvalue weighted by Gasteiger charge is 2.60. The van der Waals surface area contributed by atoms with Crippen LogP contribution in [0.15, 0.2) is 36.4 Å². The van der Waals surface area contributed by atoms with Gasteiger partial charge >= 0.3 is 5.97 Å². The van der Waals surface area contributed by atoms with Crippen LogP contribution in [0, 0.1) is 33.8 Å². The van der Waals surface area contributed by atoms with Crippen molar-refractivity contribution in [1.82, 2.24) is 4.90 Å². The van der Waals surface area contributed by atoms with Crippen LogP contribution in [0.2, 0.25) is 0 Å². The number of allylic oxidation sites excluding steroid dienone is 2. The molecule has 3 aliphatic rings. The van der Waals surface area contributed by atoms with Gasteiger partial charge in [0.2, 0.25) is 17.6 Å². The van der Waals surface area contributed by atoms with Crippen molar-refractivity contribution in [2.45, 2.75) is 19.4 Å². The van der Waals surface area contributed by atoms with Crippen molar-refractivity contribution in [2.24, 2.45) is 23.7 Å². The monoisotopic (exact) mass is 398 g/mol. The number of non-ortho nitro benzene ring substituents is 1. The number of hydrogen-bond acceptors (Lipinski definition) is 7. The molecule has 9 nitrogen and oxygen atoms in total. The molecule has 5 atom stereocenters. The normalized spacial score (nSPS) is 27.8. The Labute approximate surface area is 165 Å². The van der Waals surface area contributed by atoms with Crippen LogP contribution in [-0.2, 0) is 19.1 Å². The molecule has 9 heteroatoms. The first-order valence-corrected chi connectivity index (χ1v) is 9.29. The number of imide groups is 1. The van der Waals surface area contributed by atoms with Gasteiger partial charge in [-0.15, -0.1) is 0 Å². The lowest BCUT2D eigenvalue weighted by atomic mass is 9.85. The molecule has 2 bridgehead atoms. The first kappa shape index (κ1) is 19.0. The van der Waals surface area contributed by atoms with Gasteiger partial charge in [-0.25, -0.2) is 4.79 Å². The molecule has 1 heterocycles. The highest BCUT2D eigenvalue weighted by molar-refractivity contribution is 6.09. The number of ketones is 1. The molecule has 2 amide bonds. The van der Waals surface area contributed by atoms with E-state index in [-0.39, 0.29) is 34.9 Å². The third kappa shape index (κ3) is 3.02. The Morgan fingerprint density at radius 3 is 2.41 bits per heavy atom. The van der Waals surface area contributed by atoms with Crippen molar-refractivity contribution in [3.05, 3.63) is 52.1 Å². The van der Waals surface area contributed by atoms with Crippen molar-refractivity contribution in [3.63, 3.8) is 0 Å². The zero-order valence-electron chi connectivity index (χ0n) is 15.5. The van der Waals surface area contributed by atoms with E-state index in [9.17, 15) is 29.3 Å². The maximum atomic E-state index is 12.7. The number of esters is 1. The van der Waals surface area contributed by atoms with Gasteiger partial charge in [-0.3, -0.25) is 29.4 Å². The van der Waals surface area contributed by atoms with Gasteiger partial charge in [-0.05, 0) is 25.2 Å². The molecule has 0 N–H and O–H groups in total. The molecule has 0 spiro atoms. The van der Waals surface area contributed by atoms with E-state index in [0.717, 1.165) is 17.4 Å². The number of ether oxygens (including phenoxy) is 1. The number of benzene rings is 1. The number of Topliss-reactive ketones (excluding diaryl/α,β-unsaturated/α-hetero) is 1. The number of nitrogens with zero attached hydrogens (tertiary/aromatic N) is 2. The molecule has 0 radical (unpaired) electrons. The van der Waals surface area contributed by atoms with E-state index in [4.69, 9.17) is 4.74 Å². The molecular formula is C20H18N2O7. The van der Waals surface area contributed by atoms with Gasteiger partial charge in [0.15, 0.2) is 6.61 Å². The molecule has 2 aliphatic carbocycles. The van der Waals surface area contributed by atoms with Crippen molar-refractivity contribution in [3.8, 4) is 0 Å². The molecule has 150 valence electrons. The Bertz CT molecular complexity index is 939. The van der Waals surface area contributed by atoms with Gasteiger partial charge in [0.25, 0.3) is 5.69 Å².